The second-order valence-corrected chi connectivity index (χ2v) is 5.60. The van der Waals surface area contributed by atoms with E-state index in [1.54, 1.807) is 18.3 Å². The summed E-state index contributed by atoms with van der Waals surface area (Å²) in [4.78, 5) is 20.0. The quantitative estimate of drug-likeness (QED) is 0.693. The van der Waals surface area contributed by atoms with Gasteiger partial charge in [0.25, 0.3) is 0 Å². The van der Waals surface area contributed by atoms with Gasteiger partial charge in [0.15, 0.2) is 6.29 Å². The van der Waals surface area contributed by atoms with Gasteiger partial charge in [-0.1, -0.05) is 0 Å². The van der Waals surface area contributed by atoms with Gasteiger partial charge < -0.3 is 25.2 Å². The second kappa shape index (κ2) is 6.15. The molecule has 5 atom stereocenters. The number of aliphatic hydroxyl groups is 1. The maximum atomic E-state index is 12.2. The molecule has 2 amide bonds. The molecule has 0 aromatic carbocycles. The van der Waals surface area contributed by atoms with Crippen LogP contribution in [0.25, 0.3) is 0 Å². The highest BCUT2D eigenvalue weighted by Crippen LogP contribution is 2.35. The van der Waals surface area contributed by atoms with Crippen molar-refractivity contribution in [3.05, 3.63) is 37.2 Å². The highest BCUT2D eigenvalue weighted by molar-refractivity contribution is 5.89. The first kappa shape index (κ1) is 15.0. The molecule has 10 nitrogen and oxygen atoms in total. The number of ether oxygens (including phenoxy) is 2. The number of fused-ring (bicyclic) bond motifs is 2. The predicted molar refractivity (Wildman–Crippen MR) is 79.9 cm³/mol. The van der Waals surface area contributed by atoms with E-state index in [1.807, 2.05) is 0 Å². The maximum absolute atomic E-state index is 12.2. The number of carbonyl (C=O) groups is 1. The van der Waals surface area contributed by atoms with Gasteiger partial charge in [0.05, 0.1) is 24.5 Å². The molecule has 24 heavy (non-hydrogen) atoms. The van der Waals surface area contributed by atoms with Crippen molar-refractivity contribution in [3.8, 4) is 0 Å². The third-order valence-electron chi connectivity index (χ3n) is 4.09. The molecule has 2 aromatic heterocycles. The van der Waals surface area contributed by atoms with Gasteiger partial charge in [0.1, 0.15) is 30.9 Å². The Morgan fingerprint density at radius 3 is 3.08 bits per heavy atom. The summed E-state index contributed by atoms with van der Waals surface area (Å²) in [5, 5.41) is 20.1. The van der Waals surface area contributed by atoms with E-state index >= 15 is 0 Å². The molecule has 5 unspecified atom stereocenters. The van der Waals surface area contributed by atoms with Gasteiger partial charge >= 0.3 is 6.03 Å². The van der Waals surface area contributed by atoms with Crippen LogP contribution >= 0.6 is 0 Å². The molecular formula is C14H16N6O4. The highest BCUT2D eigenvalue weighted by Gasteiger charge is 2.51. The number of aromatic nitrogens is 4. The molecule has 10 heteroatoms. The Morgan fingerprint density at radius 1 is 1.42 bits per heavy atom. The van der Waals surface area contributed by atoms with E-state index in [1.165, 1.54) is 23.5 Å². The predicted octanol–water partition coefficient (Wildman–Crippen LogP) is -0.480. The van der Waals surface area contributed by atoms with Crippen LogP contribution in [-0.2, 0) is 9.47 Å². The number of nitrogens with one attached hydrogen (secondary N) is 2. The van der Waals surface area contributed by atoms with Crippen LogP contribution in [0.5, 0.6) is 0 Å². The zero-order valence-electron chi connectivity index (χ0n) is 12.5. The third-order valence-corrected chi connectivity index (χ3v) is 4.09. The number of nitrogens with zero attached hydrogens (tertiary/aromatic N) is 4. The number of rotatable bonds is 3. The lowest BCUT2D eigenvalue weighted by atomic mass is 9.96. The Morgan fingerprint density at radius 2 is 2.33 bits per heavy atom. The fourth-order valence-corrected chi connectivity index (χ4v) is 2.99. The monoisotopic (exact) mass is 332 g/mol. The van der Waals surface area contributed by atoms with E-state index in [-0.39, 0.29) is 6.61 Å². The third kappa shape index (κ3) is 2.70. The molecule has 2 saturated heterocycles. The Kier molecular flexibility index (Phi) is 3.84. The van der Waals surface area contributed by atoms with Crippen LogP contribution in [0.3, 0.4) is 0 Å². The van der Waals surface area contributed by atoms with Crippen molar-refractivity contribution >= 4 is 11.7 Å². The van der Waals surface area contributed by atoms with Crippen molar-refractivity contribution in [1.29, 1.82) is 0 Å². The number of carbonyl (C=O) groups excluding carboxylic acids is 1. The average Bonchev–Trinajstić information content (AvgIpc) is 3.24. The summed E-state index contributed by atoms with van der Waals surface area (Å²) < 4.78 is 12.8. The Hall–Kier alpha value is -2.56. The van der Waals surface area contributed by atoms with Gasteiger partial charge in [-0.25, -0.2) is 14.5 Å². The van der Waals surface area contributed by atoms with Crippen molar-refractivity contribution in [3.63, 3.8) is 0 Å². The molecule has 2 aromatic rings. The number of aliphatic hydroxyl groups excluding tert-OH is 1. The van der Waals surface area contributed by atoms with Crippen LogP contribution < -0.4 is 10.6 Å². The zero-order valence-corrected chi connectivity index (χ0v) is 12.5. The number of hydrogen-bond donors (Lipinski definition) is 3. The number of pyridine rings is 1. The van der Waals surface area contributed by atoms with Gasteiger partial charge in [-0.2, -0.15) is 5.10 Å². The first-order chi connectivity index (χ1) is 11.7. The molecule has 0 saturated carbocycles. The van der Waals surface area contributed by atoms with E-state index in [0.717, 1.165) is 0 Å². The minimum absolute atomic E-state index is 0.283. The Bertz CT molecular complexity index is 697. The molecule has 0 aliphatic carbocycles. The van der Waals surface area contributed by atoms with E-state index < -0.39 is 36.6 Å². The van der Waals surface area contributed by atoms with Crippen LogP contribution in [0, 0.1) is 0 Å². The normalized spacial score (nSPS) is 31.6. The average molecular weight is 332 g/mol. The van der Waals surface area contributed by atoms with E-state index in [9.17, 15) is 9.90 Å². The van der Waals surface area contributed by atoms with Crippen molar-refractivity contribution in [2.75, 3.05) is 11.9 Å². The molecule has 0 spiro atoms. The lowest BCUT2D eigenvalue weighted by Crippen LogP contribution is -2.59. The Labute approximate surface area is 136 Å². The fourth-order valence-electron chi connectivity index (χ4n) is 2.99. The molecule has 4 heterocycles. The van der Waals surface area contributed by atoms with Gasteiger partial charge in [-0.15, -0.1) is 0 Å². The number of anilines is 1. The smallest absolute Gasteiger partial charge is 0.319 e. The van der Waals surface area contributed by atoms with Gasteiger partial charge in [0.2, 0.25) is 0 Å². The molecule has 4 rings (SSSR count). The first-order valence-electron chi connectivity index (χ1n) is 7.49. The molecule has 2 fully saturated rings. The van der Waals surface area contributed by atoms with Crippen molar-refractivity contribution in [1.82, 2.24) is 25.1 Å². The van der Waals surface area contributed by atoms with Crippen molar-refractivity contribution in [2.24, 2.45) is 0 Å². The summed E-state index contributed by atoms with van der Waals surface area (Å²) in [7, 11) is 0. The SMILES string of the molecule is O=C(Nc1cccnc1)NC1C2COC(O2)C(n2cncn2)C1O. The molecule has 0 radical (unpaired) electrons. The minimum atomic E-state index is -0.933. The van der Waals surface area contributed by atoms with Gasteiger partial charge in [-0.05, 0) is 12.1 Å². The second-order valence-electron chi connectivity index (χ2n) is 5.60. The summed E-state index contributed by atoms with van der Waals surface area (Å²) in [5.41, 5.74) is 0.551. The number of hydrogen-bond acceptors (Lipinski definition) is 7. The van der Waals surface area contributed by atoms with Gasteiger partial charge in [-0.3, -0.25) is 4.98 Å². The standard InChI is InChI=1S/C14H16N6O4/c21-12-10(19-14(22)18-8-2-1-3-15-4-8)9-5-23-13(24-9)11(12)20-7-16-6-17-20/h1-4,6-7,9-13,21H,5H2,(H2,18,19,22). The van der Waals surface area contributed by atoms with E-state index in [2.05, 4.69) is 25.7 Å². The molecule has 2 aliphatic rings. The molecular weight excluding hydrogens is 316 g/mol. The van der Waals surface area contributed by atoms with Crippen LogP contribution in [0.15, 0.2) is 37.2 Å². The summed E-state index contributed by atoms with van der Waals surface area (Å²) >= 11 is 0. The molecule has 3 N–H and O–H groups in total. The minimum Gasteiger partial charge on any atom is -0.388 e. The molecule has 126 valence electrons. The maximum Gasteiger partial charge on any atom is 0.319 e. The van der Waals surface area contributed by atoms with Crippen LogP contribution in [-0.4, -0.2) is 62.0 Å². The van der Waals surface area contributed by atoms with Crippen LogP contribution in [0.2, 0.25) is 0 Å². The largest absolute Gasteiger partial charge is 0.388 e. The summed E-state index contributed by atoms with van der Waals surface area (Å²) in [6.45, 7) is 0.283. The Balaban J connectivity index is 1.48. The van der Waals surface area contributed by atoms with E-state index in [0.29, 0.717) is 5.69 Å². The topological polar surface area (TPSA) is 123 Å². The lowest BCUT2D eigenvalue weighted by molar-refractivity contribution is -0.166. The van der Waals surface area contributed by atoms with E-state index in [4.69, 9.17) is 9.47 Å². The van der Waals surface area contributed by atoms with Crippen LogP contribution in [0.4, 0.5) is 10.5 Å². The summed E-state index contributed by atoms with van der Waals surface area (Å²) in [6, 6.07) is 1.74. The number of amides is 2. The van der Waals surface area contributed by atoms with Crippen LogP contribution in [0.1, 0.15) is 6.04 Å². The van der Waals surface area contributed by atoms with Gasteiger partial charge in [0, 0.05) is 6.20 Å². The zero-order chi connectivity index (χ0) is 16.5. The summed E-state index contributed by atoms with van der Waals surface area (Å²) in [6.07, 6.45) is 4.01. The molecule has 2 aliphatic heterocycles. The van der Waals surface area contributed by atoms with Crippen molar-refractivity contribution < 1.29 is 19.4 Å². The summed E-state index contributed by atoms with van der Waals surface area (Å²) in [5.74, 6) is 0. The lowest BCUT2D eigenvalue weighted by Gasteiger charge is -2.38. The highest BCUT2D eigenvalue weighted by atomic mass is 16.7. The fraction of sp³-hybridized carbons (Fsp3) is 0.429. The first-order valence-corrected chi connectivity index (χ1v) is 7.49. The van der Waals surface area contributed by atoms with Crippen molar-refractivity contribution in [2.45, 2.75) is 30.6 Å². The molecule has 2 bridgehead atoms. The number of urea groups is 1.